The minimum atomic E-state index is -0.440. The van der Waals surface area contributed by atoms with Crippen LogP contribution in [0.1, 0.15) is 16.9 Å². The number of nitrogens with zero attached hydrogens (tertiary/aromatic N) is 3. The third kappa shape index (κ3) is 3.98. The Balaban J connectivity index is 1.61. The zero-order chi connectivity index (χ0) is 19.7. The summed E-state index contributed by atoms with van der Waals surface area (Å²) in [5, 5.41) is 13.5. The van der Waals surface area contributed by atoms with Crippen LogP contribution in [0.3, 0.4) is 0 Å². The quantitative estimate of drug-likeness (QED) is 0.624. The number of likely N-dealkylation sites (N-methyl/N-ethyl adjacent to an activating group) is 1. The van der Waals surface area contributed by atoms with Gasteiger partial charge in [-0.15, -0.1) is 11.3 Å². The van der Waals surface area contributed by atoms with E-state index < -0.39 is 5.82 Å². The van der Waals surface area contributed by atoms with Crippen molar-refractivity contribution in [3.8, 4) is 0 Å². The summed E-state index contributed by atoms with van der Waals surface area (Å²) in [7, 11) is 2.05. The van der Waals surface area contributed by atoms with Gasteiger partial charge in [0.1, 0.15) is 22.8 Å². The van der Waals surface area contributed by atoms with Crippen LogP contribution in [0.15, 0.2) is 24.5 Å². The van der Waals surface area contributed by atoms with Crippen molar-refractivity contribution in [2.45, 2.75) is 19.3 Å². The SMILES string of the molecule is CN(CCO)CC1CCc2c(sc3ncnc(Nc4ccc(F)c(Cl)c4)c23)C1. The molecule has 2 N–H and O–H groups in total. The highest BCUT2D eigenvalue weighted by molar-refractivity contribution is 7.19. The second kappa shape index (κ2) is 8.29. The minimum absolute atomic E-state index is 0.0810. The molecule has 0 saturated carbocycles. The maximum Gasteiger partial charge on any atom is 0.142 e. The summed E-state index contributed by atoms with van der Waals surface area (Å²) in [6.45, 7) is 1.88. The van der Waals surface area contributed by atoms with E-state index in [-0.39, 0.29) is 11.6 Å². The van der Waals surface area contributed by atoms with E-state index >= 15 is 0 Å². The molecule has 2 aromatic heterocycles. The summed E-state index contributed by atoms with van der Waals surface area (Å²) in [6, 6.07) is 4.57. The van der Waals surface area contributed by atoms with Gasteiger partial charge < -0.3 is 15.3 Å². The number of hydrogen-bond donors (Lipinski definition) is 2. The number of aliphatic hydroxyl groups excluding tert-OH is 1. The van der Waals surface area contributed by atoms with Gasteiger partial charge in [0.25, 0.3) is 0 Å². The van der Waals surface area contributed by atoms with Gasteiger partial charge in [-0.2, -0.15) is 0 Å². The molecular weight excluding hydrogens is 399 g/mol. The Morgan fingerprint density at radius 3 is 3.04 bits per heavy atom. The van der Waals surface area contributed by atoms with Crippen molar-refractivity contribution in [1.82, 2.24) is 14.9 Å². The summed E-state index contributed by atoms with van der Waals surface area (Å²) in [5.41, 5.74) is 2.02. The molecule has 0 bridgehead atoms. The summed E-state index contributed by atoms with van der Waals surface area (Å²) in [6.07, 6.45) is 4.67. The lowest BCUT2D eigenvalue weighted by Crippen LogP contribution is -2.30. The Kier molecular flexibility index (Phi) is 5.78. The number of rotatable bonds is 6. The first-order chi connectivity index (χ1) is 13.5. The van der Waals surface area contributed by atoms with E-state index in [1.54, 1.807) is 29.8 Å². The van der Waals surface area contributed by atoms with E-state index in [1.165, 1.54) is 16.5 Å². The van der Waals surface area contributed by atoms with Crippen molar-refractivity contribution in [3.05, 3.63) is 45.8 Å². The van der Waals surface area contributed by atoms with Gasteiger partial charge in [0.2, 0.25) is 0 Å². The largest absolute Gasteiger partial charge is 0.395 e. The zero-order valence-electron chi connectivity index (χ0n) is 15.6. The average Bonchev–Trinajstić information content (AvgIpc) is 3.03. The van der Waals surface area contributed by atoms with Crippen LogP contribution in [-0.4, -0.2) is 46.7 Å². The monoisotopic (exact) mass is 420 g/mol. The first-order valence-corrected chi connectivity index (χ1v) is 10.5. The molecule has 8 heteroatoms. The van der Waals surface area contributed by atoms with Gasteiger partial charge in [-0.3, -0.25) is 0 Å². The van der Waals surface area contributed by atoms with E-state index in [9.17, 15) is 4.39 Å². The molecule has 28 heavy (non-hydrogen) atoms. The number of aromatic nitrogens is 2. The van der Waals surface area contributed by atoms with E-state index in [4.69, 9.17) is 16.7 Å². The number of fused-ring (bicyclic) bond motifs is 3. The molecule has 1 aliphatic rings. The Morgan fingerprint density at radius 2 is 2.25 bits per heavy atom. The maximum absolute atomic E-state index is 13.4. The highest BCUT2D eigenvalue weighted by Gasteiger charge is 2.26. The van der Waals surface area contributed by atoms with Gasteiger partial charge in [-0.05, 0) is 56.0 Å². The molecule has 0 spiro atoms. The number of hydrogen-bond acceptors (Lipinski definition) is 6. The molecule has 148 valence electrons. The lowest BCUT2D eigenvalue weighted by molar-refractivity contribution is 0.197. The van der Waals surface area contributed by atoms with Gasteiger partial charge in [0, 0.05) is 23.7 Å². The minimum Gasteiger partial charge on any atom is -0.395 e. The predicted molar refractivity (Wildman–Crippen MR) is 112 cm³/mol. The van der Waals surface area contributed by atoms with Crippen LogP contribution in [0, 0.1) is 11.7 Å². The Morgan fingerprint density at radius 1 is 1.39 bits per heavy atom. The fourth-order valence-corrected chi connectivity index (χ4v) is 5.32. The molecule has 4 rings (SSSR count). The Hall–Kier alpha value is -1.80. The van der Waals surface area contributed by atoms with Crippen LogP contribution in [0.2, 0.25) is 5.02 Å². The Bertz CT molecular complexity index is 996. The lowest BCUT2D eigenvalue weighted by atomic mass is 9.87. The lowest BCUT2D eigenvalue weighted by Gasteiger charge is -2.26. The number of halogens is 2. The molecule has 1 atom stereocenters. The second-order valence-electron chi connectivity index (χ2n) is 7.25. The molecule has 0 aliphatic heterocycles. The predicted octanol–water partition coefficient (Wildman–Crippen LogP) is 4.26. The molecule has 0 radical (unpaired) electrons. The molecule has 2 heterocycles. The van der Waals surface area contributed by atoms with Crippen molar-refractivity contribution < 1.29 is 9.50 Å². The molecule has 5 nitrogen and oxygen atoms in total. The van der Waals surface area contributed by atoms with Gasteiger partial charge in [-0.25, -0.2) is 14.4 Å². The van der Waals surface area contributed by atoms with Crippen LogP contribution in [0.5, 0.6) is 0 Å². The summed E-state index contributed by atoms with van der Waals surface area (Å²) >= 11 is 7.64. The maximum atomic E-state index is 13.4. The normalized spacial score (nSPS) is 16.5. The van der Waals surface area contributed by atoms with Crippen LogP contribution >= 0.6 is 22.9 Å². The highest BCUT2D eigenvalue weighted by atomic mass is 35.5. The van der Waals surface area contributed by atoms with E-state index in [0.29, 0.717) is 18.2 Å². The molecule has 0 saturated heterocycles. The Labute approximate surface area is 172 Å². The molecule has 1 unspecified atom stereocenters. The van der Waals surface area contributed by atoms with E-state index in [1.807, 2.05) is 0 Å². The zero-order valence-corrected chi connectivity index (χ0v) is 17.2. The topological polar surface area (TPSA) is 61.3 Å². The third-order valence-corrected chi connectivity index (χ3v) is 6.63. The highest BCUT2D eigenvalue weighted by Crippen LogP contribution is 2.40. The molecular formula is C20H22ClFN4OS. The second-order valence-corrected chi connectivity index (χ2v) is 8.75. The van der Waals surface area contributed by atoms with Crippen molar-refractivity contribution in [1.29, 1.82) is 0 Å². The molecule has 1 aliphatic carbocycles. The number of nitrogens with one attached hydrogen (secondary N) is 1. The summed E-state index contributed by atoms with van der Waals surface area (Å²) < 4.78 is 13.4. The number of thiophene rings is 1. The van der Waals surface area contributed by atoms with Crippen LogP contribution in [0.4, 0.5) is 15.9 Å². The number of aryl methyl sites for hydroxylation is 1. The van der Waals surface area contributed by atoms with Gasteiger partial charge in [-0.1, -0.05) is 11.6 Å². The van der Waals surface area contributed by atoms with Crippen LogP contribution < -0.4 is 5.32 Å². The van der Waals surface area contributed by atoms with Gasteiger partial charge in [0.15, 0.2) is 0 Å². The standard InChI is InChI=1S/C20H22ClFN4OS/c1-26(6-7-27)10-12-2-4-14-17(8-12)28-20-18(14)19(23-11-24-20)25-13-3-5-16(22)15(21)9-13/h3,5,9,11-12,27H,2,4,6-8,10H2,1H3,(H,23,24,25). The molecule has 0 amide bonds. The number of aliphatic hydroxyl groups is 1. The summed E-state index contributed by atoms with van der Waals surface area (Å²) in [5.74, 6) is 0.878. The van der Waals surface area contributed by atoms with E-state index in [2.05, 4.69) is 27.2 Å². The first kappa shape index (κ1) is 19.5. The van der Waals surface area contributed by atoms with Crippen LogP contribution in [0.25, 0.3) is 10.2 Å². The van der Waals surface area contributed by atoms with Crippen molar-refractivity contribution in [3.63, 3.8) is 0 Å². The molecule has 0 fully saturated rings. The molecule has 3 aromatic rings. The van der Waals surface area contributed by atoms with Crippen molar-refractivity contribution in [2.75, 3.05) is 32.1 Å². The van der Waals surface area contributed by atoms with Crippen molar-refractivity contribution >= 4 is 44.7 Å². The van der Waals surface area contributed by atoms with Crippen LogP contribution in [-0.2, 0) is 12.8 Å². The molecule has 1 aromatic carbocycles. The smallest absolute Gasteiger partial charge is 0.142 e. The first-order valence-electron chi connectivity index (χ1n) is 9.32. The van der Waals surface area contributed by atoms with E-state index in [0.717, 1.165) is 41.8 Å². The number of anilines is 2. The fraction of sp³-hybridized carbons (Fsp3) is 0.400. The number of benzene rings is 1. The third-order valence-electron chi connectivity index (χ3n) is 5.18. The fourth-order valence-electron chi connectivity index (χ4n) is 3.84. The average molecular weight is 421 g/mol. The van der Waals surface area contributed by atoms with Crippen molar-refractivity contribution in [2.24, 2.45) is 5.92 Å². The summed E-state index contributed by atoms with van der Waals surface area (Å²) in [4.78, 5) is 13.4. The van der Waals surface area contributed by atoms with Gasteiger partial charge in [0.05, 0.1) is 17.0 Å². The van der Waals surface area contributed by atoms with Gasteiger partial charge >= 0.3 is 0 Å².